The summed E-state index contributed by atoms with van der Waals surface area (Å²) in [5.41, 5.74) is 0. The minimum Gasteiger partial charge on any atom is -0.393 e. The van der Waals surface area contributed by atoms with Crippen LogP contribution < -0.4 is 5.32 Å². The van der Waals surface area contributed by atoms with E-state index in [9.17, 15) is 14.7 Å². The van der Waals surface area contributed by atoms with Crippen LogP contribution in [0.25, 0.3) is 0 Å². The highest BCUT2D eigenvalue weighted by Gasteiger charge is 2.32. The average Bonchev–Trinajstić information content (AvgIpc) is 2.51. The van der Waals surface area contributed by atoms with Crippen molar-refractivity contribution in [3.05, 3.63) is 0 Å². The van der Waals surface area contributed by atoms with Crippen LogP contribution in [-0.2, 0) is 9.59 Å². The Bertz CT molecular complexity index is 411. The van der Waals surface area contributed by atoms with Gasteiger partial charge in [-0.2, -0.15) is 0 Å². The van der Waals surface area contributed by atoms with E-state index in [1.165, 1.54) is 0 Å². The zero-order valence-electron chi connectivity index (χ0n) is 14.6. The maximum absolute atomic E-state index is 12.7. The third-order valence-corrected chi connectivity index (χ3v) is 5.05. The summed E-state index contributed by atoms with van der Waals surface area (Å²) in [5.74, 6) is 0.829. The fourth-order valence-electron chi connectivity index (χ4n) is 3.79. The van der Waals surface area contributed by atoms with Crippen molar-refractivity contribution in [1.82, 2.24) is 10.2 Å². The number of nitrogens with zero attached hydrogens (tertiary/aromatic N) is 1. The number of aliphatic hydroxyl groups excluding tert-OH is 1. The van der Waals surface area contributed by atoms with Gasteiger partial charge in [0.15, 0.2) is 0 Å². The first-order chi connectivity index (χ1) is 11.0. The van der Waals surface area contributed by atoms with E-state index in [2.05, 4.69) is 19.2 Å². The highest BCUT2D eigenvalue weighted by atomic mass is 16.3. The number of rotatable bonds is 6. The monoisotopic (exact) mass is 324 g/mol. The van der Waals surface area contributed by atoms with Crippen molar-refractivity contribution >= 4 is 11.8 Å². The van der Waals surface area contributed by atoms with Gasteiger partial charge in [-0.3, -0.25) is 9.59 Å². The van der Waals surface area contributed by atoms with Gasteiger partial charge in [0.2, 0.25) is 11.8 Å². The second-order valence-corrected chi connectivity index (χ2v) is 7.62. The molecule has 1 saturated heterocycles. The molecule has 0 aromatic heterocycles. The lowest BCUT2D eigenvalue weighted by molar-refractivity contribution is -0.143. The molecule has 0 spiro atoms. The van der Waals surface area contributed by atoms with Crippen LogP contribution in [0.2, 0.25) is 0 Å². The number of aliphatic hydroxyl groups is 1. The molecule has 1 aliphatic heterocycles. The number of carbonyl (C=O) groups is 2. The first-order valence-corrected chi connectivity index (χ1v) is 9.22. The topological polar surface area (TPSA) is 69.6 Å². The van der Waals surface area contributed by atoms with Gasteiger partial charge in [-0.15, -0.1) is 0 Å². The highest BCUT2D eigenvalue weighted by Crippen LogP contribution is 2.24. The van der Waals surface area contributed by atoms with Gasteiger partial charge in [-0.05, 0) is 50.4 Å². The zero-order chi connectivity index (χ0) is 16.8. The lowest BCUT2D eigenvalue weighted by Gasteiger charge is -2.35. The second kappa shape index (κ2) is 8.67. The van der Waals surface area contributed by atoms with Crippen molar-refractivity contribution in [3.63, 3.8) is 0 Å². The summed E-state index contributed by atoms with van der Waals surface area (Å²) in [6.45, 7) is 5.50. The van der Waals surface area contributed by atoms with E-state index < -0.39 is 0 Å². The van der Waals surface area contributed by atoms with Gasteiger partial charge in [0.1, 0.15) is 6.04 Å². The van der Waals surface area contributed by atoms with Gasteiger partial charge in [-0.25, -0.2) is 0 Å². The predicted molar refractivity (Wildman–Crippen MR) is 89.8 cm³/mol. The molecule has 2 aliphatic rings. The molecule has 2 fully saturated rings. The summed E-state index contributed by atoms with van der Waals surface area (Å²) in [6.07, 6.45) is 6.73. The van der Waals surface area contributed by atoms with Crippen LogP contribution in [0.4, 0.5) is 0 Å². The molecule has 5 nitrogen and oxygen atoms in total. The van der Waals surface area contributed by atoms with Gasteiger partial charge in [0.05, 0.1) is 6.10 Å². The summed E-state index contributed by atoms with van der Waals surface area (Å²) in [4.78, 5) is 26.6. The van der Waals surface area contributed by atoms with Crippen molar-refractivity contribution in [2.24, 2.45) is 11.8 Å². The van der Waals surface area contributed by atoms with Crippen molar-refractivity contribution in [2.75, 3.05) is 13.1 Å². The van der Waals surface area contributed by atoms with Crippen LogP contribution in [0, 0.1) is 11.8 Å². The maximum atomic E-state index is 12.7. The van der Waals surface area contributed by atoms with Crippen LogP contribution in [0.15, 0.2) is 0 Å². The van der Waals surface area contributed by atoms with E-state index in [1.54, 1.807) is 4.90 Å². The third kappa shape index (κ3) is 5.48. The van der Waals surface area contributed by atoms with Crippen LogP contribution in [0.5, 0.6) is 0 Å². The fraction of sp³-hybridized carbons (Fsp3) is 0.889. The first-order valence-electron chi connectivity index (χ1n) is 9.22. The molecule has 2 N–H and O–H groups in total. The average molecular weight is 324 g/mol. The molecule has 3 atom stereocenters. The number of carbonyl (C=O) groups excluding carboxylic acids is 2. The quantitative estimate of drug-likeness (QED) is 0.786. The molecule has 2 rings (SSSR count). The molecule has 5 heteroatoms. The van der Waals surface area contributed by atoms with E-state index in [-0.39, 0.29) is 24.0 Å². The molecule has 0 aromatic carbocycles. The Balaban J connectivity index is 1.91. The molecule has 2 amide bonds. The Morgan fingerprint density at radius 3 is 2.74 bits per heavy atom. The fourth-order valence-corrected chi connectivity index (χ4v) is 3.79. The molecule has 1 aliphatic carbocycles. The van der Waals surface area contributed by atoms with E-state index in [0.29, 0.717) is 37.8 Å². The molecule has 23 heavy (non-hydrogen) atoms. The van der Waals surface area contributed by atoms with Gasteiger partial charge < -0.3 is 15.3 Å². The minimum atomic E-state index is -0.337. The molecule has 1 saturated carbocycles. The van der Waals surface area contributed by atoms with E-state index in [0.717, 1.165) is 38.5 Å². The number of piperidine rings is 1. The highest BCUT2D eigenvalue weighted by molar-refractivity contribution is 5.88. The summed E-state index contributed by atoms with van der Waals surface area (Å²) >= 11 is 0. The van der Waals surface area contributed by atoms with E-state index >= 15 is 0 Å². The Hall–Kier alpha value is -1.10. The molecular formula is C18H32N2O3. The van der Waals surface area contributed by atoms with Crippen LogP contribution in [0.1, 0.15) is 65.2 Å². The predicted octanol–water partition coefficient (Wildman–Crippen LogP) is 2.08. The molecule has 132 valence electrons. The summed E-state index contributed by atoms with van der Waals surface area (Å²) in [7, 11) is 0. The summed E-state index contributed by atoms with van der Waals surface area (Å²) < 4.78 is 0. The number of amides is 2. The standard InChI is InChI=1S/C18H32N2O3/c1-13(2)10-16(20-9-4-3-8-17(20)22)18(23)19-12-14-6-5-7-15(21)11-14/h13-16,21H,3-12H2,1-2H3,(H,19,23). The number of likely N-dealkylation sites (tertiary alicyclic amines) is 1. The van der Waals surface area contributed by atoms with Crippen molar-refractivity contribution < 1.29 is 14.7 Å². The minimum absolute atomic E-state index is 0.0194. The Morgan fingerprint density at radius 2 is 2.09 bits per heavy atom. The SMILES string of the molecule is CC(C)CC(C(=O)NCC1CCCC(O)C1)N1CCCCC1=O. The van der Waals surface area contributed by atoms with Crippen LogP contribution >= 0.6 is 0 Å². The van der Waals surface area contributed by atoms with Crippen molar-refractivity contribution in [2.45, 2.75) is 77.4 Å². The Kier molecular flexibility index (Phi) is 6.88. The smallest absolute Gasteiger partial charge is 0.242 e. The van der Waals surface area contributed by atoms with Crippen molar-refractivity contribution in [1.29, 1.82) is 0 Å². The maximum Gasteiger partial charge on any atom is 0.242 e. The van der Waals surface area contributed by atoms with E-state index in [1.807, 2.05) is 0 Å². The van der Waals surface area contributed by atoms with Gasteiger partial charge >= 0.3 is 0 Å². The third-order valence-electron chi connectivity index (χ3n) is 5.05. The molecule has 3 unspecified atom stereocenters. The second-order valence-electron chi connectivity index (χ2n) is 7.62. The molecule has 0 bridgehead atoms. The summed E-state index contributed by atoms with van der Waals surface area (Å²) in [6, 6.07) is -0.337. The Morgan fingerprint density at radius 1 is 1.30 bits per heavy atom. The van der Waals surface area contributed by atoms with Gasteiger partial charge in [-0.1, -0.05) is 20.3 Å². The van der Waals surface area contributed by atoms with Gasteiger partial charge in [0.25, 0.3) is 0 Å². The number of hydrogen-bond donors (Lipinski definition) is 2. The normalized spacial score (nSPS) is 27.1. The van der Waals surface area contributed by atoms with Crippen LogP contribution in [0.3, 0.4) is 0 Å². The largest absolute Gasteiger partial charge is 0.393 e. The van der Waals surface area contributed by atoms with Gasteiger partial charge in [0, 0.05) is 19.5 Å². The Labute approximate surface area is 139 Å². The number of hydrogen-bond acceptors (Lipinski definition) is 3. The molecular weight excluding hydrogens is 292 g/mol. The molecule has 0 radical (unpaired) electrons. The van der Waals surface area contributed by atoms with Crippen LogP contribution in [-0.4, -0.2) is 47.1 Å². The molecule has 0 aromatic rings. The lowest BCUT2D eigenvalue weighted by Crippen LogP contribution is -2.52. The summed E-state index contributed by atoms with van der Waals surface area (Å²) in [5, 5.41) is 12.8. The zero-order valence-corrected chi connectivity index (χ0v) is 14.6. The number of nitrogens with one attached hydrogen (secondary N) is 1. The lowest BCUT2D eigenvalue weighted by atomic mass is 9.87. The molecule has 1 heterocycles. The van der Waals surface area contributed by atoms with E-state index in [4.69, 9.17) is 0 Å². The first kappa shape index (κ1) is 18.2. The van der Waals surface area contributed by atoms with Crippen molar-refractivity contribution in [3.8, 4) is 0 Å².